The Morgan fingerprint density at radius 2 is 1.77 bits per heavy atom. The maximum Gasteiger partial charge on any atom is 0.325 e. The molecule has 2 fully saturated rings. The molecule has 10 nitrogen and oxygen atoms in total. The number of urea groups is 1. The maximum absolute atomic E-state index is 12.6. The lowest BCUT2D eigenvalue weighted by atomic mass is 10.1. The summed E-state index contributed by atoms with van der Waals surface area (Å²) >= 11 is 0. The molecule has 0 saturated carbocycles. The number of likely N-dealkylation sites (N-methyl/N-ethyl adjacent to an activating group) is 1. The topological polar surface area (TPSA) is 90.0 Å². The Balaban J connectivity index is 1.48. The normalized spacial score (nSPS) is 23.6. The zero-order valence-corrected chi connectivity index (χ0v) is 18.3. The van der Waals surface area contributed by atoms with Crippen molar-refractivity contribution in [3.05, 3.63) is 24.3 Å². The predicted octanol–water partition coefficient (Wildman–Crippen LogP) is 0.402. The van der Waals surface area contributed by atoms with Crippen molar-refractivity contribution in [3.63, 3.8) is 0 Å². The monoisotopic (exact) mass is 430 g/mol. The van der Waals surface area contributed by atoms with E-state index in [1.807, 2.05) is 24.0 Å². The van der Waals surface area contributed by atoms with Gasteiger partial charge in [0.15, 0.2) is 18.2 Å². The molecule has 10 heteroatoms. The van der Waals surface area contributed by atoms with Crippen LogP contribution in [0.1, 0.15) is 6.92 Å². The van der Waals surface area contributed by atoms with E-state index in [0.717, 1.165) is 43.6 Å². The average molecular weight is 431 g/mol. The van der Waals surface area contributed by atoms with Crippen LogP contribution in [0.3, 0.4) is 0 Å². The predicted molar refractivity (Wildman–Crippen MR) is 116 cm³/mol. The van der Waals surface area contributed by atoms with E-state index >= 15 is 0 Å². The van der Waals surface area contributed by atoms with Crippen LogP contribution in [0.5, 0.6) is 5.75 Å². The van der Waals surface area contributed by atoms with Gasteiger partial charge in [-0.05, 0) is 31.2 Å². The summed E-state index contributed by atoms with van der Waals surface area (Å²) in [7, 11) is 3.34. The Labute approximate surface area is 182 Å². The molecule has 0 bridgehead atoms. The number of carbonyl (C=O) groups is 2. The van der Waals surface area contributed by atoms with E-state index in [9.17, 15) is 9.59 Å². The lowest BCUT2D eigenvalue weighted by Crippen LogP contribution is -2.65. The minimum Gasteiger partial charge on any atom is -0.497 e. The number of methoxy groups -OCH3 is 1. The molecular weight excluding hydrogens is 400 g/mol. The lowest BCUT2D eigenvalue weighted by Gasteiger charge is -2.41. The van der Waals surface area contributed by atoms with Crippen molar-refractivity contribution in [2.24, 2.45) is 4.99 Å². The Morgan fingerprint density at radius 1 is 1.10 bits per heavy atom. The first-order valence-electron chi connectivity index (χ1n) is 10.7. The van der Waals surface area contributed by atoms with Crippen LogP contribution in [0.4, 0.5) is 10.5 Å². The Hall–Kier alpha value is -3.01. The number of hydrogen-bond acceptors (Lipinski definition) is 8. The third kappa shape index (κ3) is 4.12. The number of aliphatic imine (C=N–C) groups is 1. The number of carbonyl (C=O) groups excluding carboxylic acids is 2. The highest BCUT2D eigenvalue weighted by Crippen LogP contribution is 2.27. The number of amides is 3. The summed E-state index contributed by atoms with van der Waals surface area (Å²) in [5, 5.41) is 2.44. The van der Waals surface area contributed by atoms with E-state index in [-0.39, 0.29) is 5.91 Å². The Kier molecular flexibility index (Phi) is 6.17. The molecule has 2 unspecified atom stereocenters. The van der Waals surface area contributed by atoms with E-state index < -0.39 is 18.2 Å². The van der Waals surface area contributed by atoms with Crippen LogP contribution in [-0.4, -0.2) is 105 Å². The number of nitrogens with zero attached hydrogens (tertiary/aromatic N) is 5. The van der Waals surface area contributed by atoms with Crippen molar-refractivity contribution < 1.29 is 19.1 Å². The molecule has 0 spiro atoms. The van der Waals surface area contributed by atoms with Crippen LogP contribution in [0.25, 0.3) is 0 Å². The van der Waals surface area contributed by atoms with E-state index in [4.69, 9.17) is 14.5 Å². The quantitative estimate of drug-likeness (QED) is 0.654. The first-order chi connectivity index (χ1) is 15.0. The summed E-state index contributed by atoms with van der Waals surface area (Å²) in [4.78, 5) is 37.6. The molecule has 1 N–H and O–H groups in total. The molecule has 4 rings (SSSR count). The fraction of sp³-hybridized carbons (Fsp3) is 0.571. The molecule has 0 aromatic heterocycles. The van der Waals surface area contributed by atoms with Gasteiger partial charge in [-0.25, -0.2) is 9.79 Å². The Morgan fingerprint density at radius 3 is 2.42 bits per heavy atom. The molecule has 0 radical (unpaired) electrons. The van der Waals surface area contributed by atoms with E-state index in [1.54, 1.807) is 14.2 Å². The first-order valence-corrected chi connectivity index (χ1v) is 10.7. The van der Waals surface area contributed by atoms with E-state index in [2.05, 4.69) is 27.2 Å². The molecule has 3 heterocycles. The van der Waals surface area contributed by atoms with Crippen LogP contribution in [0.15, 0.2) is 29.3 Å². The summed E-state index contributed by atoms with van der Waals surface area (Å²) in [5.74, 6) is 1.30. The van der Waals surface area contributed by atoms with Gasteiger partial charge in [0.1, 0.15) is 5.75 Å². The van der Waals surface area contributed by atoms with Gasteiger partial charge in [0, 0.05) is 52.1 Å². The fourth-order valence-corrected chi connectivity index (χ4v) is 4.28. The van der Waals surface area contributed by atoms with Gasteiger partial charge in [-0.3, -0.25) is 10.1 Å². The second-order valence-electron chi connectivity index (χ2n) is 7.76. The molecular formula is C21H30N6O4. The summed E-state index contributed by atoms with van der Waals surface area (Å²) in [6, 6.07) is 7.12. The highest BCUT2D eigenvalue weighted by molar-refractivity contribution is 6.03. The summed E-state index contributed by atoms with van der Waals surface area (Å²) < 4.78 is 10.8. The highest BCUT2D eigenvalue weighted by Gasteiger charge is 2.49. The number of guanidine groups is 1. The largest absolute Gasteiger partial charge is 0.497 e. The number of rotatable bonds is 6. The van der Waals surface area contributed by atoms with Gasteiger partial charge in [-0.2, -0.15) is 0 Å². The number of benzene rings is 1. The molecule has 2 atom stereocenters. The van der Waals surface area contributed by atoms with Gasteiger partial charge in [-0.1, -0.05) is 0 Å². The highest BCUT2D eigenvalue weighted by atomic mass is 16.5. The average Bonchev–Trinajstić information content (AvgIpc) is 3.18. The van der Waals surface area contributed by atoms with Crippen molar-refractivity contribution >= 4 is 23.6 Å². The maximum atomic E-state index is 12.6. The van der Waals surface area contributed by atoms with Gasteiger partial charge >= 0.3 is 6.03 Å². The lowest BCUT2D eigenvalue weighted by molar-refractivity contribution is -0.127. The van der Waals surface area contributed by atoms with Crippen LogP contribution >= 0.6 is 0 Å². The molecule has 1 aromatic rings. The second-order valence-corrected chi connectivity index (χ2v) is 7.76. The van der Waals surface area contributed by atoms with Gasteiger partial charge in [0.05, 0.1) is 13.7 Å². The minimum absolute atomic E-state index is 0.305. The zero-order valence-electron chi connectivity index (χ0n) is 18.3. The molecule has 3 aliphatic heterocycles. The number of ether oxygens (including phenoxy) is 2. The molecule has 1 aromatic carbocycles. The smallest absolute Gasteiger partial charge is 0.325 e. The SMILES string of the molecule is CCOCCN1C(N2CCN(c3ccc(OC)cc3)CC2)=NC2C1C(=O)NC(=O)N2C. The summed E-state index contributed by atoms with van der Waals surface area (Å²) in [6.45, 7) is 6.81. The van der Waals surface area contributed by atoms with E-state index in [0.29, 0.717) is 19.8 Å². The standard InChI is InChI=1S/C21H30N6O4/c1-4-31-14-13-27-17-18(24(2)21(29)23-19(17)28)22-20(27)26-11-9-25(10-12-26)15-5-7-16(30-3)8-6-15/h5-8,17-18H,4,9-14H2,1-3H3,(H,23,28,29). The van der Waals surface area contributed by atoms with Crippen LogP contribution in [-0.2, 0) is 9.53 Å². The molecule has 3 aliphatic rings. The van der Waals surface area contributed by atoms with Gasteiger partial charge in [0.25, 0.3) is 5.91 Å². The van der Waals surface area contributed by atoms with Gasteiger partial charge in [0.2, 0.25) is 0 Å². The zero-order chi connectivity index (χ0) is 22.0. The van der Waals surface area contributed by atoms with Gasteiger partial charge in [-0.15, -0.1) is 0 Å². The number of imide groups is 1. The van der Waals surface area contributed by atoms with Crippen molar-refractivity contribution in [2.45, 2.75) is 19.1 Å². The molecule has 168 valence electrons. The number of nitrogens with one attached hydrogen (secondary N) is 1. The van der Waals surface area contributed by atoms with Crippen molar-refractivity contribution in [2.75, 3.05) is 65.0 Å². The number of fused-ring (bicyclic) bond motifs is 1. The number of piperazine rings is 1. The Bertz CT molecular complexity index is 837. The van der Waals surface area contributed by atoms with Crippen molar-refractivity contribution in [1.82, 2.24) is 20.0 Å². The van der Waals surface area contributed by atoms with Crippen molar-refractivity contribution in [1.29, 1.82) is 0 Å². The first kappa shape index (κ1) is 21.2. The van der Waals surface area contributed by atoms with Crippen molar-refractivity contribution in [3.8, 4) is 5.75 Å². The van der Waals surface area contributed by atoms with E-state index in [1.165, 1.54) is 4.90 Å². The van der Waals surface area contributed by atoms with Crippen LogP contribution < -0.4 is 15.0 Å². The third-order valence-corrected chi connectivity index (χ3v) is 6.02. The molecule has 31 heavy (non-hydrogen) atoms. The van der Waals surface area contributed by atoms with Crippen LogP contribution in [0, 0.1) is 0 Å². The minimum atomic E-state index is -0.530. The third-order valence-electron chi connectivity index (χ3n) is 6.02. The summed E-state index contributed by atoms with van der Waals surface area (Å²) in [5.41, 5.74) is 1.15. The number of hydrogen-bond donors (Lipinski definition) is 1. The van der Waals surface area contributed by atoms with Gasteiger partial charge < -0.3 is 29.1 Å². The molecule has 0 aliphatic carbocycles. The summed E-state index contributed by atoms with van der Waals surface area (Å²) in [6.07, 6.45) is -0.516. The second kappa shape index (κ2) is 9.01. The van der Waals surface area contributed by atoms with Crippen LogP contribution in [0.2, 0.25) is 0 Å². The number of anilines is 1. The fourth-order valence-electron chi connectivity index (χ4n) is 4.28. The molecule has 3 amide bonds. The molecule has 2 saturated heterocycles.